The molecule has 0 saturated heterocycles. The molecular weight excluding hydrogens is 516 g/mol. The lowest BCUT2D eigenvalue weighted by Crippen LogP contribution is -2.17. The van der Waals surface area contributed by atoms with Crippen molar-refractivity contribution in [2.24, 2.45) is 0 Å². The van der Waals surface area contributed by atoms with Gasteiger partial charge in [-0.3, -0.25) is 9.59 Å². The Morgan fingerprint density at radius 1 is 0.350 bits per heavy atom. The van der Waals surface area contributed by atoms with Gasteiger partial charge >= 0.3 is 0 Å². The summed E-state index contributed by atoms with van der Waals surface area (Å²) in [6.45, 7) is 0. The monoisotopic (exact) mass is 528 g/mol. The van der Waals surface area contributed by atoms with Gasteiger partial charge in [-0.1, -0.05) is 60.7 Å². The zero-order valence-corrected chi connectivity index (χ0v) is 20.3. The first kappa shape index (κ1) is 21.8. The van der Waals surface area contributed by atoms with Crippen molar-refractivity contribution in [1.82, 2.24) is 0 Å². The molecule has 0 atom stereocenters. The van der Waals surface area contributed by atoms with Crippen LogP contribution in [-0.2, 0) is 0 Å². The van der Waals surface area contributed by atoms with Gasteiger partial charge in [0, 0.05) is 33.0 Å². The van der Waals surface area contributed by atoms with E-state index in [0.717, 1.165) is 43.4 Å². The molecule has 0 aliphatic heterocycles. The van der Waals surface area contributed by atoms with E-state index in [1.165, 1.54) is 12.1 Å². The van der Waals surface area contributed by atoms with Gasteiger partial charge in [-0.15, -0.1) is 0 Å². The Bertz CT molecular complexity index is 2380. The van der Waals surface area contributed by atoms with Gasteiger partial charge in [-0.25, -0.2) is 17.6 Å². The third kappa shape index (κ3) is 2.25. The van der Waals surface area contributed by atoms with E-state index in [0.29, 0.717) is 21.9 Å². The van der Waals surface area contributed by atoms with Crippen molar-refractivity contribution >= 4 is 54.7 Å². The van der Waals surface area contributed by atoms with E-state index in [9.17, 15) is 22.8 Å². The molecule has 0 saturated carbocycles. The second-order valence-corrected chi connectivity index (χ2v) is 10.4. The topological polar surface area (TPSA) is 34.1 Å². The molecule has 0 radical (unpaired) electrons. The second kappa shape index (κ2) is 6.90. The number of rotatable bonds is 0. The maximum atomic E-state index is 15.2. The van der Waals surface area contributed by atoms with Gasteiger partial charge < -0.3 is 0 Å². The Kier molecular flexibility index (Phi) is 3.76. The van der Waals surface area contributed by atoms with Crippen LogP contribution in [0.2, 0.25) is 0 Å². The fraction of sp³-hybridized carbons (Fsp3) is 0. The van der Waals surface area contributed by atoms with E-state index in [1.54, 1.807) is 18.2 Å². The number of benzene rings is 7. The molecule has 2 aliphatic carbocycles. The van der Waals surface area contributed by atoms with Crippen LogP contribution in [0.25, 0.3) is 65.3 Å². The summed E-state index contributed by atoms with van der Waals surface area (Å²) in [6, 6.07) is 21.6. The number of hydrogen-bond acceptors (Lipinski definition) is 2. The predicted molar refractivity (Wildman–Crippen MR) is 145 cm³/mol. The normalized spacial score (nSPS) is 13.6. The molecule has 0 fully saturated rings. The van der Waals surface area contributed by atoms with Crippen LogP contribution >= 0.6 is 0 Å². The minimum absolute atomic E-state index is 0.0585. The van der Waals surface area contributed by atoms with Crippen molar-refractivity contribution in [3.63, 3.8) is 0 Å². The summed E-state index contributed by atoms with van der Waals surface area (Å²) in [5, 5.41) is 5.87. The lowest BCUT2D eigenvalue weighted by molar-refractivity contribution is 0.102. The van der Waals surface area contributed by atoms with Gasteiger partial charge in [-0.2, -0.15) is 0 Å². The molecule has 0 N–H and O–H groups in total. The number of halogens is 4. The highest BCUT2D eigenvalue weighted by Gasteiger charge is 2.36. The predicted octanol–water partition coefficient (Wildman–Crippen LogP) is 8.72. The summed E-state index contributed by atoms with van der Waals surface area (Å²) < 4.78 is 58.6. The van der Waals surface area contributed by atoms with Crippen molar-refractivity contribution in [3.8, 4) is 22.3 Å². The molecule has 0 bridgehead atoms. The molecule has 188 valence electrons. The maximum absolute atomic E-state index is 15.2. The molecule has 2 aliphatic rings. The molecule has 7 aromatic rings. The van der Waals surface area contributed by atoms with Crippen molar-refractivity contribution in [2.45, 2.75) is 0 Å². The van der Waals surface area contributed by atoms with Gasteiger partial charge in [-0.05, 0) is 61.1 Å². The number of fused-ring (bicyclic) bond motifs is 6. The van der Waals surface area contributed by atoms with Crippen LogP contribution in [0.3, 0.4) is 0 Å². The Balaban J connectivity index is 1.50. The molecule has 6 heteroatoms. The lowest BCUT2D eigenvalue weighted by Gasteiger charge is -2.26. The van der Waals surface area contributed by atoms with Crippen molar-refractivity contribution in [1.29, 1.82) is 0 Å². The number of ketones is 2. The summed E-state index contributed by atoms with van der Waals surface area (Å²) in [4.78, 5) is 26.9. The lowest BCUT2D eigenvalue weighted by atomic mass is 9.76. The fourth-order valence-corrected chi connectivity index (χ4v) is 6.99. The van der Waals surface area contributed by atoms with Crippen LogP contribution in [0.4, 0.5) is 17.6 Å². The zero-order valence-electron chi connectivity index (χ0n) is 20.3. The van der Waals surface area contributed by atoms with E-state index in [-0.39, 0.29) is 16.9 Å². The Morgan fingerprint density at radius 3 is 1.40 bits per heavy atom. The molecule has 0 spiro atoms. The van der Waals surface area contributed by atoms with E-state index >= 15 is 4.39 Å². The quantitative estimate of drug-likeness (QED) is 0.0649. The van der Waals surface area contributed by atoms with Crippen molar-refractivity contribution in [2.75, 3.05) is 0 Å². The molecule has 2 nitrogen and oxygen atoms in total. The standard InChI is InChI=1S/C34H12F4O2/c35-29-27-20-10-7-16-17-8-11-21-25-14(13-3-1-2-4-19(13)33(21)39)5-6-15(23(17)25)18-9-12-22(26(20)24(16)18)34(40)28(27)30(36)32(38)31(29)37/h1-12H. The van der Waals surface area contributed by atoms with Gasteiger partial charge in [0.1, 0.15) is 0 Å². The smallest absolute Gasteiger partial charge is 0.198 e. The highest BCUT2D eigenvalue weighted by atomic mass is 19.2. The number of hydrogen-bond donors (Lipinski definition) is 0. The summed E-state index contributed by atoms with van der Waals surface area (Å²) in [7, 11) is 0. The Labute approximate surface area is 222 Å². The maximum Gasteiger partial charge on any atom is 0.198 e. The van der Waals surface area contributed by atoms with E-state index < -0.39 is 40.2 Å². The first-order valence-electron chi connectivity index (χ1n) is 12.6. The Morgan fingerprint density at radius 2 is 0.800 bits per heavy atom. The van der Waals surface area contributed by atoms with Crippen LogP contribution in [0.5, 0.6) is 0 Å². The molecule has 0 heterocycles. The largest absolute Gasteiger partial charge is 0.289 e. The highest BCUT2D eigenvalue weighted by Crippen LogP contribution is 2.51. The SMILES string of the molecule is O=C1c2ccccc2-c2ccc3c4ccc5c6c(ccc(c7ccc1c2c37)c64)-c1c(F)c(F)c(F)c(F)c1C5=O. The average molecular weight is 528 g/mol. The molecule has 0 aromatic heterocycles. The van der Waals surface area contributed by atoms with Crippen molar-refractivity contribution < 1.29 is 27.2 Å². The molecule has 0 unspecified atom stereocenters. The minimum atomic E-state index is -2.01. The summed E-state index contributed by atoms with van der Waals surface area (Å²) >= 11 is 0. The van der Waals surface area contributed by atoms with Gasteiger partial charge in [0.15, 0.2) is 34.8 Å². The molecular formula is C34H12F4O2. The number of carbonyl (C=O) groups is 2. The second-order valence-electron chi connectivity index (χ2n) is 10.4. The first-order valence-corrected chi connectivity index (χ1v) is 12.6. The third-order valence-electron chi connectivity index (χ3n) is 8.62. The first-order chi connectivity index (χ1) is 19.4. The van der Waals surface area contributed by atoms with E-state index in [4.69, 9.17) is 0 Å². The number of carbonyl (C=O) groups excluding carboxylic acids is 2. The van der Waals surface area contributed by atoms with E-state index in [2.05, 4.69) is 0 Å². The van der Waals surface area contributed by atoms with Gasteiger partial charge in [0.2, 0.25) is 0 Å². The summed E-state index contributed by atoms with van der Waals surface area (Å²) in [6.07, 6.45) is 0. The van der Waals surface area contributed by atoms with Crippen LogP contribution < -0.4 is 0 Å². The Hall–Kier alpha value is -5.10. The molecule has 7 aromatic carbocycles. The average Bonchev–Trinajstić information content (AvgIpc) is 2.98. The fourth-order valence-electron chi connectivity index (χ4n) is 6.99. The van der Waals surface area contributed by atoms with Gasteiger partial charge in [0.25, 0.3) is 0 Å². The van der Waals surface area contributed by atoms with Crippen LogP contribution in [-0.4, -0.2) is 11.6 Å². The van der Waals surface area contributed by atoms with Crippen LogP contribution in [0.15, 0.2) is 72.8 Å². The van der Waals surface area contributed by atoms with Crippen LogP contribution in [0.1, 0.15) is 31.8 Å². The zero-order chi connectivity index (χ0) is 27.2. The minimum Gasteiger partial charge on any atom is -0.289 e. The van der Waals surface area contributed by atoms with Crippen LogP contribution in [0, 0.1) is 23.3 Å². The van der Waals surface area contributed by atoms with E-state index in [1.807, 2.05) is 42.5 Å². The third-order valence-corrected chi connectivity index (χ3v) is 8.62. The molecule has 9 rings (SSSR count). The summed E-state index contributed by atoms with van der Waals surface area (Å²) in [5.41, 5.74) is 1.87. The van der Waals surface area contributed by atoms with Gasteiger partial charge in [0.05, 0.1) is 5.56 Å². The highest BCUT2D eigenvalue weighted by molar-refractivity contribution is 6.41. The molecule has 40 heavy (non-hydrogen) atoms. The van der Waals surface area contributed by atoms with Crippen molar-refractivity contribution in [3.05, 3.63) is 118 Å². The summed E-state index contributed by atoms with van der Waals surface area (Å²) in [5.74, 6) is -8.23. The molecule has 0 amide bonds.